The Morgan fingerprint density at radius 2 is 0.426 bits per heavy atom. The molecule has 3 nitrogen and oxygen atoms in total. The van der Waals surface area contributed by atoms with E-state index >= 15 is 13.7 Å². The van der Waals surface area contributed by atoms with Crippen LogP contribution in [0.2, 0.25) is 0 Å². The lowest BCUT2D eigenvalue weighted by Gasteiger charge is -2.30. The number of rotatable bonds is 12. The van der Waals surface area contributed by atoms with Crippen LogP contribution in [-0.4, -0.2) is 0 Å². The Morgan fingerprint density at radius 3 is 0.574 bits per heavy atom. The summed E-state index contributed by atoms with van der Waals surface area (Å²) in [6.07, 6.45) is 0.836. The zero-order valence-corrected chi connectivity index (χ0v) is 33.7. The summed E-state index contributed by atoms with van der Waals surface area (Å²) in [6.45, 7) is 6.30. The average molecular weight is 763 g/mol. The van der Waals surface area contributed by atoms with Crippen molar-refractivity contribution in [3.8, 4) is 0 Å². The molecule has 7 rings (SSSR count). The van der Waals surface area contributed by atoms with Gasteiger partial charge in [-0.15, -0.1) is 0 Å². The molecule has 7 aromatic carbocycles. The smallest absolute Gasteiger partial charge is 0.147 e. The van der Waals surface area contributed by atoms with E-state index in [0.29, 0.717) is 0 Å². The van der Waals surface area contributed by atoms with Crippen LogP contribution in [0, 0.1) is 20.8 Å². The van der Waals surface area contributed by atoms with Gasteiger partial charge in [-0.1, -0.05) is 182 Å². The molecule has 0 aromatic heterocycles. The summed E-state index contributed by atoms with van der Waals surface area (Å²) in [5.41, 5.74) is 5.84. The zero-order valence-electron chi connectivity index (χ0n) is 31.0. The molecule has 270 valence electrons. The highest BCUT2D eigenvalue weighted by Gasteiger charge is 2.36. The minimum absolute atomic E-state index is 0.279. The van der Waals surface area contributed by atoms with Crippen LogP contribution in [0.25, 0.3) is 0 Å². The summed E-state index contributed by atoms with van der Waals surface area (Å²) >= 11 is 0. The van der Waals surface area contributed by atoms with Crippen molar-refractivity contribution in [2.75, 3.05) is 0 Å². The molecule has 0 bridgehead atoms. The van der Waals surface area contributed by atoms with E-state index < -0.39 is 21.4 Å². The Kier molecular flexibility index (Phi) is 11.1. The largest absolute Gasteiger partial charge is 0.313 e. The molecule has 0 heterocycles. The van der Waals surface area contributed by atoms with Crippen LogP contribution in [0.1, 0.15) is 33.4 Å². The number of benzene rings is 7. The quantitative estimate of drug-likeness (QED) is 0.117. The number of hydrogen-bond donors (Lipinski definition) is 0. The highest BCUT2D eigenvalue weighted by Crippen LogP contribution is 2.54. The van der Waals surface area contributed by atoms with Crippen molar-refractivity contribution < 1.29 is 13.7 Å². The van der Waals surface area contributed by atoms with Gasteiger partial charge in [0, 0.05) is 50.3 Å². The molecule has 0 N–H and O–H groups in total. The van der Waals surface area contributed by atoms with Crippen LogP contribution in [0.5, 0.6) is 0 Å². The molecule has 0 aliphatic carbocycles. The molecule has 6 heteroatoms. The van der Waals surface area contributed by atoms with Crippen LogP contribution < -0.4 is 31.8 Å². The van der Waals surface area contributed by atoms with Gasteiger partial charge in [0.25, 0.3) is 0 Å². The van der Waals surface area contributed by atoms with E-state index in [-0.39, 0.29) is 18.5 Å². The van der Waals surface area contributed by atoms with Gasteiger partial charge >= 0.3 is 0 Å². The Hall–Kier alpha value is -4.77. The van der Waals surface area contributed by atoms with Crippen LogP contribution in [-0.2, 0) is 32.2 Å². The first-order valence-corrected chi connectivity index (χ1v) is 24.0. The molecule has 7 aromatic rings. The summed E-state index contributed by atoms with van der Waals surface area (Å²) in [5, 5.41) is 4.73. The summed E-state index contributed by atoms with van der Waals surface area (Å²) in [5.74, 6) is 0. The lowest BCUT2D eigenvalue weighted by atomic mass is 9.90. The molecule has 0 radical (unpaired) electrons. The molecule has 0 saturated carbocycles. The van der Waals surface area contributed by atoms with E-state index in [4.69, 9.17) is 0 Å². The van der Waals surface area contributed by atoms with Crippen molar-refractivity contribution in [1.82, 2.24) is 0 Å². The second-order valence-corrected chi connectivity index (χ2v) is 22.5. The van der Waals surface area contributed by atoms with Crippen molar-refractivity contribution >= 4 is 53.3 Å². The lowest BCUT2D eigenvalue weighted by Crippen LogP contribution is -2.22. The summed E-state index contributed by atoms with van der Waals surface area (Å²) in [7, 11) is -9.68. The van der Waals surface area contributed by atoms with E-state index in [1.165, 1.54) is 0 Å². The second kappa shape index (κ2) is 15.9. The highest BCUT2D eigenvalue weighted by atomic mass is 31.2. The molecule has 0 aliphatic heterocycles. The lowest BCUT2D eigenvalue weighted by molar-refractivity contribution is 0.586. The SMILES string of the molecule is Cc1c(CP(=O)(c2ccccc2)c2ccccc2)c(C)c(CP(=O)(c2ccccc2)c2ccccc2)c(C)c1CP(=O)(c1ccccc1)c1ccccc1. The molecule has 0 aliphatic rings. The molecule has 0 saturated heterocycles. The van der Waals surface area contributed by atoms with Crippen molar-refractivity contribution in [2.45, 2.75) is 39.3 Å². The maximum Gasteiger partial charge on any atom is 0.147 e. The first-order valence-electron chi connectivity index (χ1n) is 18.4. The van der Waals surface area contributed by atoms with Gasteiger partial charge in [-0.25, -0.2) is 0 Å². The van der Waals surface area contributed by atoms with Gasteiger partial charge < -0.3 is 13.7 Å². The Bertz CT molecular complexity index is 2070. The number of hydrogen-bond acceptors (Lipinski definition) is 3. The maximum atomic E-state index is 15.7. The second-order valence-electron chi connectivity index (χ2n) is 14.0. The fourth-order valence-corrected chi connectivity index (χ4v) is 16.4. The Morgan fingerprint density at radius 1 is 0.278 bits per heavy atom. The Balaban J connectivity index is 1.50. The van der Waals surface area contributed by atoms with E-state index in [0.717, 1.165) is 65.2 Å². The predicted octanol–water partition coefficient (Wildman–Crippen LogP) is 10.2. The van der Waals surface area contributed by atoms with Gasteiger partial charge in [-0.05, 0) is 54.2 Å². The first-order chi connectivity index (χ1) is 26.1. The van der Waals surface area contributed by atoms with Gasteiger partial charge in [0.1, 0.15) is 21.4 Å². The monoisotopic (exact) mass is 762 g/mol. The molecule has 0 atom stereocenters. The molecular formula is C48H45O3P3. The van der Waals surface area contributed by atoms with Crippen molar-refractivity contribution in [2.24, 2.45) is 0 Å². The maximum absolute atomic E-state index is 15.7. The molecule has 54 heavy (non-hydrogen) atoms. The first kappa shape index (κ1) is 37.5. The van der Waals surface area contributed by atoms with Gasteiger partial charge in [0.2, 0.25) is 0 Å². The summed E-state index contributed by atoms with van der Waals surface area (Å²) in [4.78, 5) is 0. The van der Waals surface area contributed by atoms with E-state index in [1.807, 2.05) is 182 Å². The van der Waals surface area contributed by atoms with Crippen molar-refractivity contribution in [3.05, 3.63) is 215 Å². The van der Waals surface area contributed by atoms with Gasteiger partial charge in [0.15, 0.2) is 0 Å². The van der Waals surface area contributed by atoms with Crippen LogP contribution >= 0.6 is 21.4 Å². The third kappa shape index (κ3) is 7.22. The standard InChI is InChI=1S/C48H45O3P3/c1-37-46(34-52(49,40-22-10-4-11-23-40)41-24-12-5-13-25-41)38(2)48(36-54(51,44-30-18-8-19-31-44)45-32-20-9-21-33-45)39(3)47(37)35-53(50,42-26-14-6-15-27-42)43-28-16-7-17-29-43/h4-33H,34-36H2,1-3H3. The third-order valence-electron chi connectivity index (χ3n) is 10.9. The predicted molar refractivity (Wildman–Crippen MR) is 231 cm³/mol. The van der Waals surface area contributed by atoms with E-state index in [9.17, 15) is 0 Å². The summed E-state index contributed by atoms with van der Waals surface area (Å²) in [6, 6.07) is 58.6. The average Bonchev–Trinajstić information content (AvgIpc) is 3.24. The van der Waals surface area contributed by atoms with Gasteiger partial charge in [0.05, 0.1) is 0 Å². The fourth-order valence-electron chi connectivity index (χ4n) is 7.78. The van der Waals surface area contributed by atoms with Crippen molar-refractivity contribution in [1.29, 1.82) is 0 Å². The van der Waals surface area contributed by atoms with Gasteiger partial charge in [-0.3, -0.25) is 0 Å². The fraction of sp³-hybridized carbons (Fsp3) is 0.125. The molecule has 0 spiro atoms. The van der Waals surface area contributed by atoms with Crippen molar-refractivity contribution in [3.63, 3.8) is 0 Å². The summed E-state index contributed by atoms with van der Waals surface area (Å²) < 4.78 is 47.2. The van der Waals surface area contributed by atoms with Crippen LogP contribution in [0.4, 0.5) is 0 Å². The van der Waals surface area contributed by atoms with E-state index in [1.54, 1.807) is 0 Å². The third-order valence-corrected chi connectivity index (χ3v) is 20.0. The van der Waals surface area contributed by atoms with Crippen LogP contribution in [0.3, 0.4) is 0 Å². The Labute approximate surface area is 320 Å². The topological polar surface area (TPSA) is 51.2 Å². The highest BCUT2D eigenvalue weighted by molar-refractivity contribution is 7.78. The zero-order chi connectivity index (χ0) is 37.8. The molecular weight excluding hydrogens is 717 g/mol. The normalized spacial score (nSPS) is 12.1. The van der Waals surface area contributed by atoms with Gasteiger partial charge in [-0.2, -0.15) is 0 Å². The molecule has 0 fully saturated rings. The minimum atomic E-state index is -3.23. The molecule has 0 amide bonds. The molecule has 0 unspecified atom stereocenters. The van der Waals surface area contributed by atoms with E-state index in [2.05, 4.69) is 20.8 Å². The minimum Gasteiger partial charge on any atom is -0.313 e. The van der Waals surface area contributed by atoms with Crippen LogP contribution in [0.15, 0.2) is 182 Å².